The van der Waals surface area contributed by atoms with E-state index in [4.69, 9.17) is 11.6 Å². The number of sulfonamides is 1. The molecule has 2 saturated heterocycles. The van der Waals surface area contributed by atoms with Gasteiger partial charge in [0.05, 0.1) is 5.02 Å². The summed E-state index contributed by atoms with van der Waals surface area (Å²) in [5, 5.41) is 3.56. The molecular formula is C13H17BrClN3O2S. The summed E-state index contributed by atoms with van der Waals surface area (Å²) in [6.45, 7) is 5.02. The van der Waals surface area contributed by atoms with Crippen LogP contribution in [0.1, 0.15) is 0 Å². The first-order valence-corrected chi connectivity index (χ1v) is 9.49. The van der Waals surface area contributed by atoms with E-state index in [-0.39, 0.29) is 9.92 Å². The van der Waals surface area contributed by atoms with Crippen molar-refractivity contribution >= 4 is 37.6 Å². The predicted octanol–water partition coefficient (Wildman–Crippen LogP) is 1.38. The van der Waals surface area contributed by atoms with Crippen LogP contribution in [0, 0.1) is 0 Å². The second-order valence-electron chi connectivity index (χ2n) is 5.34. The monoisotopic (exact) mass is 393 g/mol. The third kappa shape index (κ3) is 3.13. The molecular weight excluding hydrogens is 378 g/mol. The van der Waals surface area contributed by atoms with E-state index in [0.29, 0.717) is 19.1 Å². The summed E-state index contributed by atoms with van der Waals surface area (Å²) in [7, 11) is -3.48. The average Bonchev–Trinajstić information content (AvgIpc) is 2.37. The van der Waals surface area contributed by atoms with E-state index in [0.717, 1.165) is 30.7 Å². The number of hydrogen-bond donors (Lipinski definition) is 1. The molecule has 2 heterocycles. The Bertz CT molecular complexity index is 628. The Balaban J connectivity index is 1.70. The van der Waals surface area contributed by atoms with Crippen molar-refractivity contribution in [2.75, 3.05) is 39.3 Å². The SMILES string of the molecule is O=S(=O)(c1ccc(Br)cc1Cl)N1CC(N2CCNCC2)C1. The molecule has 5 nitrogen and oxygen atoms in total. The number of benzene rings is 1. The van der Waals surface area contributed by atoms with Crippen LogP contribution in [-0.4, -0.2) is 62.9 Å². The van der Waals surface area contributed by atoms with Crippen LogP contribution < -0.4 is 5.32 Å². The van der Waals surface area contributed by atoms with Gasteiger partial charge in [-0.05, 0) is 18.2 Å². The number of nitrogens with zero attached hydrogens (tertiary/aromatic N) is 2. The molecule has 0 radical (unpaired) electrons. The highest BCUT2D eigenvalue weighted by Gasteiger charge is 2.40. The van der Waals surface area contributed by atoms with Crippen molar-refractivity contribution in [3.05, 3.63) is 27.7 Å². The lowest BCUT2D eigenvalue weighted by atomic mass is 10.1. The molecule has 0 atom stereocenters. The molecule has 2 fully saturated rings. The number of halogens is 2. The molecule has 1 N–H and O–H groups in total. The van der Waals surface area contributed by atoms with Crippen molar-refractivity contribution in [3.63, 3.8) is 0 Å². The molecule has 2 aliphatic heterocycles. The van der Waals surface area contributed by atoms with Gasteiger partial charge < -0.3 is 5.32 Å². The fraction of sp³-hybridized carbons (Fsp3) is 0.538. The Morgan fingerprint density at radius 1 is 1.24 bits per heavy atom. The Morgan fingerprint density at radius 3 is 2.52 bits per heavy atom. The minimum Gasteiger partial charge on any atom is -0.314 e. The lowest BCUT2D eigenvalue weighted by Gasteiger charge is -2.45. The Hall–Kier alpha value is -0.180. The van der Waals surface area contributed by atoms with E-state index in [9.17, 15) is 8.42 Å². The first-order chi connectivity index (χ1) is 9.98. The quantitative estimate of drug-likeness (QED) is 0.841. The molecule has 2 aliphatic rings. The average molecular weight is 395 g/mol. The maximum atomic E-state index is 12.6. The number of nitrogens with one attached hydrogen (secondary N) is 1. The molecule has 21 heavy (non-hydrogen) atoms. The summed E-state index contributed by atoms with van der Waals surface area (Å²) >= 11 is 9.36. The largest absolute Gasteiger partial charge is 0.314 e. The predicted molar refractivity (Wildman–Crippen MR) is 86.1 cm³/mol. The van der Waals surface area contributed by atoms with Crippen LogP contribution in [-0.2, 0) is 10.0 Å². The van der Waals surface area contributed by atoms with E-state index in [1.165, 1.54) is 4.31 Å². The van der Waals surface area contributed by atoms with Crippen molar-refractivity contribution in [2.24, 2.45) is 0 Å². The van der Waals surface area contributed by atoms with Gasteiger partial charge >= 0.3 is 0 Å². The molecule has 0 bridgehead atoms. The van der Waals surface area contributed by atoms with E-state index in [1.807, 2.05) is 0 Å². The summed E-state index contributed by atoms with van der Waals surface area (Å²) in [5.74, 6) is 0. The third-order valence-corrected chi connectivity index (χ3v) is 6.82. The fourth-order valence-electron chi connectivity index (χ4n) is 2.71. The van der Waals surface area contributed by atoms with Crippen LogP contribution in [0.3, 0.4) is 0 Å². The van der Waals surface area contributed by atoms with Gasteiger partial charge in [-0.2, -0.15) is 4.31 Å². The molecule has 0 aliphatic carbocycles. The minimum atomic E-state index is -3.48. The van der Waals surface area contributed by atoms with Crippen molar-refractivity contribution in [1.29, 1.82) is 0 Å². The summed E-state index contributed by atoms with van der Waals surface area (Å²) in [4.78, 5) is 2.54. The first kappa shape index (κ1) is 15.7. The Kier molecular flexibility index (Phi) is 4.59. The zero-order valence-corrected chi connectivity index (χ0v) is 14.6. The zero-order chi connectivity index (χ0) is 15.0. The normalized spacial score (nSPS) is 22.2. The zero-order valence-electron chi connectivity index (χ0n) is 11.4. The van der Waals surface area contributed by atoms with Gasteiger partial charge in [0.1, 0.15) is 4.90 Å². The number of hydrogen-bond acceptors (Lipinski definition) is 4. The van der Waals surface area contributed by atoms with E-state index in [2.05, 4.69) is 26.1 Å². The molecule has 116 valence electrons. The summed E-state index contributed by atoms with van der Waals surface area (Å²) in [6.07, 6.45) is 0. The minimum absolute atomic E-state index is 0.186. The molecule has 0 spiro atoms. The van der Waals surface area contributed by atoms with Crippen molar-refractivity contribution in [2.45, 2.75) is 10.9 Å². The topological polar surface area (TPSA) is 52.7 Å². The summed E-state index contributed by atoms with van der Waals surface area (Å²) in [6, 6.07) is 5.20. The van der Waals surface area contributed by atoms with Gasteiger partial charge in [-0.15, -0.1) is 0 Å². The van der Waals surface area contributed by atoms with Gasteiger partial charge in [-0.1, -0.05) is 27.5 Å². The second-order valence-corrected chi connectivity index (χ2v) is 8.57. The number of rotatable bonds is 3. The molecule has 0 saturated carbocycles. The fourth-order valence-corrected chi connectivity index (χ4v) is 5.24. The van der Waals surface area contributed by atoms with Gasteiger partial charge in [-0.3, -0.25) is 4.90 Å². The molecule has 3 rings (SSSR count). The maximum Gasteiger partial charge on any atom is 0.244 e. The standard InChI is InChI=1S/C13H17BrClN3O2S/c14-10-1-2-13(12(15)7-10)21(19,20)18-8-11(9-18)17-5-3-16-4-6-17/h1-2,7,11,16H,3-6,8-9H2. The first-order valence-electron chi connectivity index (χ1n) is 6.88. The highest BCUT2D eigenvalue weighted by Crippen LogP contribution is 2.30. The van der Waals surface area contributed by atoms with Gasteiger partial charge in [0.2, 0.25) is 10.0 Å². The van der Waals surface area contributed by atoms with E-state index < -0.39 is 10.0 Å². The number of piperazine rings is 1. The Labute approximate surface area is 138 Å². The van der Waals surface area contributed by atoms with Gasteiger partial charge in [-0.25, -0.2) is 8.42 Å². The molecule has 8 heteroatoms. The lowest BCUT2D eigenvalue weighted by molar-refractivity contribution is 0.0773. The molecule has 0 unspecified atom stereocenters. The lowest BCUT2D eigenvalue weighted by Crippen LogP contribution is -2.63. The van der Waals surface area contributed by atoms with E-state index in [1.54, 1.807) is 18.2 Å². The van der Waals surface area contributed by atoms with Crippen LogP contribution in [0.5, 0.6) is 0 Å². The van der Waals surface area contributed by atoms with Crippen LogP contribution in [0.15, 0.2) is 27.6 Å². The summed E-state index contributed by atoms with van der Waals surface area (Å²) < 4.78 is 27.4. The van der Waals surface area contributed by atoms with Crippen molar-refractivity contribution in [1.82, 2.24) is 14.5 Å². The Morgan fingerprint density at radius 2 is 1.90 bits per heavy atom. The highest BCUT2D eigenvalue weighted by atomic mass is 79.9. The van der Waals surface area contributed by atoms with Crippen LogP contribution in [0.2, 0.25) is 5.02 Å². The van der Waals surface area contributed by atoms with Crippen molar-refractivity contribution < 1.29 is 8.42 Å². The third-order valence-electron chi connectivity index (χ3n) is 4.01. The molecule has 1 aromatic carbocycles. The van der Waals surface area contributed by atoms with Gasteiger partial charge in [0, 0.05) is 49.8 Å². The molecule has 0 aromatic heterocycles. The van der Waals surface area contributed by atoms with Crippen LogP contribution in [0.4, 0.5) is 0 Å². The summed E-state index contributed by atoms with van der Waals surface area (Å²) in [5.41, 5.74) is 0. The van der Waals surface area contributed by atoms with Gasteiger partial charge in [0.15, 0.2) is 0 Å². The van der Waals surface area contributed by atoms with Crippen molar-refractivity contribution in [3.8, 4) is 0 Å². The van der Waals surface area contributed by atoms with Crippen LogP contribution >= 0.6 is 27.5 Å². The highest BCUT2D eigenvalue weighted by molar-refractivity contribution is 9.10. The molecule has 1 aromatic rings. The van der Waals surface area contributed by atoms with E-state index >= 15 is 0 Å². The molecule has 0 amide bonds. The maximum absolute atomic E-state index is 12.6. The van der Waals surface area contributed by atoms with Gasteiger partial charge in [0.25, 0.3) is 0 Å². The second kappa shape index (κ2) is 6.14. The van der Waals surface area contributed by atoms with Crippen LogP contribution in [0.25, 0.3) is 0 Å². The smallest absolute Gasteiger partial charge is 0.244 e.